The van der Waals surface area contributed by atoms with Crippen LogP contribution in [0.25, 0.3) is 0 Å². The molecule has 1 aromatic heterocycles. The van der Waals surface area contributed by atoms with Crippen molar-refractivity contribution in [3.8, 4) is 5.75 Å². The van der Waals surface area contributed by atoms with Crippen LogP contribution in [-0.2, 0) is 6.61 Å². The van der Waals surface area contributed by atoms with Crippen LogP contribution in [0.1, 0.15) is 11.1 Å². The first kappa shape index (κ1) is 13.7. The Bertz CT molecular complexity index is 710. The number of aromatic amines is 1. The molecule has 0 spiro atoms. The predicted octanol–water partition coefficient (Wildman–Crippen LogP) is 2.22. The number of anilines is 1. The van der Waals surface area contributed by atoms with Crippen molar-refractivity contribution in [2.24, 2.45) is 5.10 Å². The minimum absolute atomic E-state index is 0.319. The molecule has 22 heavy (non-hydrogen) atoms. The van der Waals surface area contributed by atoms with Crippen LogP contribution in [0, 0.1) is 0 Å². The average Bonchev–Trinajstić information content (AvgIpc) is 3.08. The molecule has 2 N–H and O–H groups in total. The second kappa shape index (κ2) is 6.98. The van der Waals surface area contributed by atoms with E-state index < -0.39 is 0 Å². The Morgan fingerprint density at radius 3 is 2.64 bits per heavy atom. The summed E-state index contributed by atoms with van der Waals surface area (Å²) in [7, 11) is 0. The van der Waals surface area contributed by atoms with Gasteiger partial charge in [0.15, 0.2) is 0 Å². The van der Waals surface area contributed by atoms with Crippen molar-refractivity contribution < 1.29 is 4.74 Å². The highest BCUT2D eigenvalue weighted by Crippen LogP contribution is 2.13. The van der Waals surface area contributed by atoms with Gasteiger partial charge in [0.1, 0.15) is 12.4 Å². The van der Waals surface area contributed by atoms with E-state index >= 15 is 0 Å². The van der Waals surface area contributed by atoms with E-state index in [1.54, 1.807) is 6.21 Å². The zero-order valence-electron chi connectivity index (χ0n) is 11.7. The maximum absolute atomic E-state index is 5.72. The Morgan fingerprint density at radius 2 is 1.91 bits per heavy atom. The lowest BCUT2D eigenvalue weighted by molar-refractivity contribution is 0.306. The molecule has 0 amide bonds. The van der Waals surface area contributed by atoms with Crippen LogP contribution in [0.2, 0.25) is 0 Å². The SMILES string of the molecule is C(=NNc1nn[nH]n1)c1ccc(OCc2ccccc2)cc1. The van der Waals surface area contributed by atoms with Crippen LogP contribution in [0.5, 0.6) is 5.75 Å². The first-order valence-electron chi connectivity index (χ1n) is 6.69. The molecule has 0 fully saturated rings. The number of nitrogens with zero attached hydrogens (tertiary/aromatic N) is 4. The quantitative estimate of drug-likeness (QED) is 0.537. The highest BCUT2D eigenvalue weighted by Gasteiger charge is 1.96. The molecule has 0 aliphatic carbocycles. The van der Waals surface area contributed by atoms with E-state index in [1.807, 2.05) is 54.6 Å². The normalized spacial score (nSPS) is 10.7. The number of hydrazone groups is 1. The summed E-state index contributed by atoms with van der Waals surface area (Å²) in [6, 6.07) is 17.7. The molecule has 3 rings (SSSR count). The Labute approximate surface area is 127 Å². The molecule has 0 saturated heterocycles. The smallest absolute Gasteiger partial charge is 0.283 e. The molecule has 0 atom stereocenters. The van der Waals surface area contributed by atoms with Gasteiger partial charge in [0, 0.05) is 0 Å². The topological polar surface area (TPSA) is 88.1 Å². The highest BCUT2D eigenvalue weighted by molar-refractivity contribution is 5.80. The minimum Gasteiger partial charge on any atom is -0.489 e. The number of ether oxygens (including phenoxy) is 1. The molecule has 0 unspecified atom stereocenters. The van der Waals surface area contributed by atoms with Gasteiger partial charge in [-0.05, 0) is 40.6 Å². The van der Waals surface area contributed by atoms with Crippen molar-refractivity contribution in [3.05, 3.63) is 65.7 Å². The molecule has 0 radical (unpaired) electrons. The number of tetrazole rings is 1. The molecule has 110 valence electrons. The van der Waals surface area contributed by atoms with Crippen molar-refractivity contribution in [3.63, 3.8) is 0 Å². The summed E-state index contributed by atoms with van der Waals surface area (Å²) < 4.78 is 5.72. The number of nitrogens with one attached hydrogen (secondary N) is 2. The summed E-state index contributed by atoms with van der Waals surface area (Å²) in [4.78, 5) is 0. The van der Waals surface area contributed by atoms with Gasteiger partial charge in [-0.2, -0.15) is 10.3 Å². The lowest BCUT2D eigenvalue weighted by Crippen LogP contribution is -1.95. The van der Waals surface area contributed by atoms with Crippen LogP contribution in [0.4, 0.5) is 5.95 Å². The van der Waals surface area contributed by atoms with Gasteiger partial charge in [-0.25, -0.2) is 5.43 Å². The zero-order chi connectivity index (χ0) is 15.0. The molecule has 7 heteroatoms. The molecule has 1 heterocycles. The lowest BCUT2D eigenvalue weighted by Gasteiger charge is -2.06. The molecular formula is C15H14N6O. The standard InChI is InChI=1S/C15H14N6O/c1-2-4-13(5-3-1)11-22-14-8-6-12(7-9-14)10-16-17-15-18-20-21-19-15/h1-10H,11H2,(H2,17,18,19,20,21). The molecule has 3 aromatic rings. The summed E-state index contributed by atoms with van der Waals surface area (Å²) in [5.41, 5.74) is 4.73. The third-order valence-electron chi connectivity index (χ3n) is 2.85. The summed E-state index contributed by atoms with van der Waals surface area (Å²) in [5, 5.41) is 17.2. The molecular weight excluding hydrogens is 280 g/mol. The number of hydrogen-bond acceptors (Lipinski definition) is 6. The van der Waals surface area contributed by atoms with Crippen molar-refractivity contribution in [1.29, 1.82) is 0 Å². The van der Waals surface area contributed by atoms with Gasteiger partial charge >= 0.3 is 0 Å². The van der Waals surface area contributed by atoms with E-state index in [2.05, 4.69) is 31.2 Å². The fraction of sp³-hybridized carbons (Fsp3) is 0.0667. The summed E-state index contributed by atoms with van der Waals surface area (Å²) in [6.45, 7) is 0.549. The Kier molecular flexibility index (Phi) is 4.36. The molecule has 0 saturated carbocycles. The maximum Gasteiger partial charge on any atom is 0.283 e. The molecule has 2 aromatic carbocycles. The van der Waals surface area contributed by atoms with Crippen LogP contribution < -0.4 is 10.2 Å². The van der Waals surface area contributed by atoms with E-state index in [4.69, 9.17) is 4.74 Å². The van der Waals surface area contributed by atoms with Crippen LogP contribution in [0.3, 0.4) is 0 Å². The predicted molar refractivity (Wildman–Crippen MR) is 82.6 cm³/mol. The number of benzene rings is 2. The number of rotatable bonds is 6. The molecule has 0 aliphatic heterocycles. The van der Waals surface area contributed by atoms with Gasteiger partial charge in [0.2, 0.25) is 0 Å². The first-order valence-corrected chi connectivity index (χ1v) is 6.69. The van der Waals surface area contributed by atoms with E-state index in [9.17, 15) is 0 Å². The third kappa shape index (κ3) is 3.89. The van der Waals surface area contributed by atoms with Crippen molar-refractivity contribution in [2.45, 2.75) is 6.61 Å². The van der Waals surface area contributed by atoms with Crippen molar-refractivity contribution in [2.75, 3.05) is 5.43 Å². The molecule has 7 nitrogen and oxygen atoms in total. The molecule has 0 aliphatic rings. The maximum atomic E-state index is 5.72. The monoisotopic (exact) mass is 294 g/mol. The van der Waals surface area contributed by atoms with E-state index in [0.717, 1.165) is 16.9 Å². The van der Waals surface area contributed by atoms with E-state index in [-0.39, 0.29) is 0 Å². The third-order valence-corrected chi connectivity index (χ3v) is 2.85. The van der Waals surface area contributed by atoms with Gasteiger partial charge in [-0.3, -0.25) is 0 Å². The zero-order valence-corrected chi connectivity index (χ0v) is 11.7. The van der Waals surface area contributed by atoms with Crippen LogP contribution in [0.15, 0.2) is 59.7 Å². The highest BCUT2D eigenvalue weighted by atomic mass is 16.5. The van der Waals surface area contributed by atoms with E-state index in [1.165, 1.54) is 0 Å². The van der Waals surface area contributed by atoms with E-state index in [0.29, 0.717) is 12.6 Å². The van der Waals surface area contributed by atoms with Crippen molar-refractivity contribution >= 4 is 12.2 Å². The van der Waals surface area contributed by atoms with Crippen molar-refractivity contribution in [1.82, 2.24) is 20.6 Å². The fourth-order valence-electron chi connectivity index (χ4n) is 1.76. The second-order valence-electron chi connectivity index (χ2n) is 4.45. The van der Waals surface area contributed by atoms with Gasteiger partial charge in [-0.15, -0.1) is 5.10 Å². The first-order chi connectivity index (χ1) is 10.9. The van der Waals surface area contributed by atoms with Crippen LogP contribution >= 0.6 is 0 Å². The van der Waals surface area contributed by atoms with Gasteiger partial charge in [-0.1, -0.05) is 35.4 Å². The second-order valence-corrected chi connectivity index (χ2v) is 4.45. The molecule has 0 bridgehead atoms. The summed E-state index contributed by atoms with van der Waals surface area (Å²) >= 11 is 0. The Balaban J connectivity index is 1.52. The number of H-pyrrole nitrogens is 1. The lowest BCUT2D eigenvalue weighted by atomic mass is 10.2. The summed E-state index contributed by atoms with van der Waals surface area (Å²) in [6.07, 6.45) is 1.66. The van der Waals surface area contributed by atoms with Gasteiger partial charge in [0.05, 0.1) is 6.21 Å². The number of hydrogen-bond donors (Lipinski definition) is 2. The summed E-state index contributed by atoms with van der Waals surface area (Å²) in [5.74, 6) is 1.13. The van der Waals surface area contributed by atoms with Gasteiger partial charge < -0.3 is 4.74 Å². The average molecular weight is 294 g/mol. The van der Waals surface area contributed by atoms with Gasteiger partial charge in [0.25, 0.3) is 5.95 Å². The van der Waals surface area contributed by atoms with Crippen LogP contribution in [-0.4, -0.2) is 26.8 Å². The largest absolute Gasteiger partial charge is 0.489 e. The minimum atomic E-state index is 0.319. The number of aromatic nitrogens is 4. The Morgan fingerprint density at radius 1 is 1.09 bits per heavy atom. The fourth-order valence-corrected chi connectivity index (χ4v) is 1.76. The Hall–Kier alpha value is -3.22.